The maximum atomic E-state index is 14.5. The van der Waals surface area contributed by atoms with E-state index in [0.717, 1.165) is 23.7 Å². The molecule has 0 saturated carbocycles. The predicted octanol–water partition coefficient (Wildman–Crippen LogP) is 9.96. The maximum Gasteiger partial charge on any atom is 0 e. The number of benzene rings is 3. The predicted molar refractivity (Wildman–Crippen MR) is 181 cm³/mol. The Morgan fingerprint density at radius 3 is 2.40 bits per heavy atom. The van der Waals surface area contributed by atoms with Crippen LogP contribution in [0, 0.1) is 37.6 Å². The number of thiophene rings is 1. The van der Waals surface area contributed by atoms with Crippen LogP contribution in [0.5, 0.6) is 0 Å². The molecule has 0 amide bonds. The molecule has 0 aliphatic heterocycles. The molecule has 3 aromatic carbocycles. The molecule has 6 aromatic rings. The van der Waals surface area contributed by atoms with E-state index in [9.17, 15) is 4.39 Å². The number of rotatable bonds is 5. The van der Waals surface area contributed by atoms with Crippen molar-refractivity contribution in [2.24, 2.45) is 5.92 Å². The van der Waals surface area contributed by atoms with E-state index < -0.39 is 25.9 Å². The zero-order valence-corrected chi connectivity index (χ0v) is 30.6. The number of hydrogen-bond acceptors (Lipinski definition) is 3. The van der Waals surface area contributed by atoms with Gasteiger partial charge in [0.1, 0.15) is 0 Å². The van der Waals surface area contributed by atoms with E-state index in [1.54, 1.807) is 0 Å². The van der Waals surface area contributed by atoms with Gasteiger partial charge in [-0.05, 0) is 34.8 Å². The fraction of sp³-hybridized carbons (Fsp3) is 0.243. The molecular formula is C37H37FGeIrN2S-2. The van der Waals surface area contributed by atoms with Gasteiger partial charge >= 0.3 is 140 Å². The number of aryl methyl sites for hydroxylation is 2. The maximum absolute atomic E-state index is 14.5. The van der Waals surface area contributed by atoms with Gasteiger partial charge in [0.2, 0.25) is 0 Å². The smallest absolute Gasteiger partial charge is 0 e. The Morgan fingerprint density at radius 2 is 1.70 bits per heavy atom. The van der Waals surface area contributed by atoms with E-state index in [4.69, 9.17) is 4.11 Å². The summed E-state index contributed by atoms with van der Waals surface area (Å²) in [6.07, 6.45) is 4.67. The Kier molecular flexibility index (Phi) is 9.42. The number of pyridine rings is 2. The second kappa shape index (κ2) is 13.9. The third-order valence-electron chi connectivity index (χ3n) is 7.09. The first-order chi connectivity index (χ1) is 21.2. The Labute approximate surface area is 279 Å². The van der Waals surface area contributed by atoms with Gasteiger partial charge in [0.05, 0.1) is 0 Å². The minimum atomic E-state index is -2.34. The van der Waals surface area contributed by atoms with Crippen molar-refractivity contribution in [2.45, 2.75) is 51.3 Å². The van der Waals surface area contributed by atoms with Crippen LogP contribution in [0.1, 0.15) is 34.7 Å². The van der Waals surface area contributed by atoms with Crippen molar-refractivity contribution in [1.82, 2.24) is 9.97 Å². The molecule has 0 saturated heterocycles. The van der Waals surface area contributed by atoms with Crippen molar-refractivity contribution in [3.63, 3.8) is 0 Å². The molecule has 0 spiro atoms. The van der Waals surface area contributed by atoms with Gasteiger partial charge in [-0.2, -0.15) is 11.3 Å². The van der Waals surface area contributed by atoms with E-state index in [1.807, 2.05) is 41.9 Å². The molecule has 0 aliphatic carbocycles. The molecule has 0 N–H and O–H groups in total. The molecule has 0 fully saturated rings. The van der Waals surface area contributed by atoms with Crippen molar-refractivity contribution in [3.05, 3.63) is 114 Å². The normalized spacial score (nSPS) is 12.7. The van der Waals surface area contributed by atoms with Crippen LogP contribution in [0.4, 0.5) is 4.39 Å². The summed E-state index contributed by atoms with van der Waals surface area (Å²) in [5.74, 6) is 6.85. The molecule has 3 aromatic heterocycles. The molecule has 1 radical (unpaired) electrons. The fourth-order valence-electron chi connectivity index (χ4n) is 5.14. The first kappa shape index (κ1) is 29.0. The monoisotopic (exact) mass is 830 g/mol. The van der Waals surface area contributed by atoms with Crippen LogP contribution in [0.25, 0.3) is 42.7 Å². The zero-order chi connectivity index (χ0) is 32.5. The summed E-state index contributed by atoms with van der Waals surface area (Å²) in [5.41, 5.74) is 5.25. The Morgan fingerprint density at radius 1 is 0.930 bits per heavy atom. The molecule has 0 unspecified atom stereocenters. The fourth-order valence-corrected chi connectivity index (χ4v) is 9.68. The molecule has 43 heavy (non-hydrogen) atoms. The van der Waals surface area contributed by atoms with Crippen molar-refractivity contribution in [1.29, 1.82) is 0 Å². The van der Waals surface area contributed by atoms with Crippen LogP contribution in [0.3, 0.4) is 0 Å². The number of halogens is 1. The van der Waals surface area contributed by atoms with E-state index >= 15 is 0 Å². The SMILES string of the molecule is Cc1ccnc(-c2[c-]ccc3c2sc2ccccc23)c1.[2H]C([2H])([2H])c1c[c-]c(-c2cc(CC(C)C)[c]([Ge]([CH3])([CH3])[CH3])cn2)c(F)c1.[Ir]. The number of aromatic nitrogens is 2. The molecule has 3 heterocycles. The Hall–Kier alpha value is -2.70. The summed E-state index contributed by atoms with van der Waals surface area (Å²) in [6.45, 7) is 4.08. The van der Waals surface area contributed by atoms with Crippen molar-refractivity contribution in [2.75, 3.05) is 0 Å². The summed E-state index contributed by atoms with van der Waals surface area (Å²) in [7, 11) is 0. The average Bonchev–Trinajstić information content (AvgIpc) is 3.35. The largest absolute Gasteiger partial charge is 0 e. The minimum absolute atomic E-state index is 0. The summed E-state index contributed by atoms with van der Waals surface area (Å²) < 4.78 is 40.6. The van der Waals surface area contributed by atoms with E-state index in [2.05, 4.69) is 96.5 Å². The molecule has 6 heteroatoms. The molecule has 0 aliphatic rings. The standard InChI is InChI=1S/C19H25FGeN.C18H12NS.Ir/c1-13(2)9-15-11-19(22-12-18(15)21(4,5)6)16-8-7-14(3)10-17(16)20;1-12-9-10-19-16(11-12)15-7-4-6-14-13-5-2-3-8-17(13)20-18(14)15;/h7,10-13H,9H2,1-6H3;2-6,8-11H,1H3;/q2*-1;/i3D3;;. The van der Waals surface area contributed by atoms with Crippen LogP contribution in [0.15, 0.2) is 79.1 Å². The molecule has 0 atom stereocenters. The van der Waals surface area contributed by atoms with Crippen molar-refractivity contribution >= 4 is 49.2 Å². The van der Waals surface area contributed by atoms with Gasteiger partial charge in [-0.1, -0.05) is 35.2 Å². The first-order valence-corrected chi connectivity index (χ1v) is 22.3. The first-order valence-electron chi connectivity index (χ1n) is 15.7. The second-order valence-electron chi connectivity index (χ2n) is 12.1. The van der Waals surface area contributed by atoms with Crippen LogP contribution in [-0.4, -0.2) is 23.2 Å². The van der Waals surface area contributed by atoms with Crippen LogP contribution < -0.4 is 4.40 Å². The quantitative estimate of drug-likeness (QED) is 0.128. The number of nitrogens with zero attached hydrogens (tertiary/aromatic N) is 2. The van der Waals surface area contributed by atoms with Gasteiger partial charge in [-0.15, -0.1) is 23.8 Å². The third kappa shape index (κ3) is 7.69. The van der Waals surface area contributed by atoms with Crippen LogP contribution in [-0.2, 0) is 26.5 Å². The molecular weight excluding hydrogens is 788 g/mol. The number of fused-ring (bicyclic) bond motifs is 3. The van der Waals surface area contributed by atoms with E-state index in [1.165, 1.54) is 41.8 Å². The number of hydrogen-bond donors (Lipinski definition) is 0. The summed E-state index contributed by atoms with van der Waals surface area (Å²) in [6, 6.07) is 27.3. The Balaban J connectivity index is 0.000000208. The molecule has 2 nitrogen and oxygen atoms in total. The summed E-state index contributed by atoms with van der Waals surface area (Å²) in [5, 5.41) is 2.61. The molecule has 223 valence electrons. The summed E-state index contributed by atoms with van der Waals surface area (Å²) >= 11 is -0.266. The minimum Gasteiger partial charge on any atom is 0 e. The van der Waals surface area contributed by atoms with Crippen molar-refractivity contribution in [3.8, 4) is 22.5 Å². The third-order valence-corrected chi connectivity index (χ3v) is 12.6. The van der Waals surface area contributed by atoms with Gasteiger partial charge in [0, 0.05) is 31.0 Å². The van der Waals surface area contributed by atoms with E-state index in [-0.39, 0.29) is 31.2 Å². The summed E-state index contributed by atoms with van der Waals surface area (Å²) in [4.78, 5) is 8.98. The second-order valence-corrected chi connectivity index (χ2v) is 23.7. The topological polar surface area (TPSA) is 25.8 Å². The van der Waals surface area contributed by atoms with Crippen molar-refractivity contribution < 1.29 is 28.6 Å². The van der Waals surface area contributed by atoms with Gasteiger partial charge in [0.25, 0.3) is 0 Å². The average molecular weight is 829 g/mol. The van der Waals surface area contributed by atoms with Gasteiger partial charge in [-0.3, -0.25) is 0 Å². The Bertz CT molecular complexity index is 1980. The van der Waals surface area contributed by atoms with Gasteiger partial charge < -0.3 is 4.98 Å². The molecule has 6 rings (SSSR count). The van der Waals surface area contributed by atoms with E-state index in [0.29, 0.717) is 11.6 Å². The zero-order valence-electron chi connectivity index (χ0n) is 28.3. The van der Waals surface area contributed by atoms with Crippen LogP contribution >= 0.6 is 11.3 Å². The molecule has 0 bridgehead atoms. The van der Waals surface area contributed by atoms with Gasteiger partial charge in [-0.25, -0.2) is 0 Å². The van der Waals surface area contributed by atoms with Crippen LogP contribution in [0.2, 0.25) is 17.3 Å². The van der Waals surface area contributed by atoms with Gasteiger partial charge in [0.15, 0.2) is 0 Å².